The molecule has 1 aromatic carbocycles. The number of hydrogen-bond acceptors (Lipinski definition) is 6. The zero-order valence-corrected chi connectivity index (χ0v) is 21.6. The predicted molar refractivity (Wildman–Crippen MR) is 135 cm³/mol. The number of benzene rings is 1. The van der Waals surface area contributed by atoms with Gasteiger partial charge in [0.05, 0.1) is 11.4 Å². The van der Waals surface area contributed by atoms with Crippen LogP contribution in [0.25, 0.3) is 16.9 Å². The Morgan fingerprint density at radius 1 is 1.12 bits per heavy atom. The molecule has 0 saturated carbocycles. The Bertz CT molecular complexity index is 1370. The summed E-state index contributed by atoms with van der Waals surface area (Å²) in [5.74, 6) is 1.60. The molecular formula is C25H25BrN4O2S. The third-order valence-electron chi connectivity index (χ3n) is 5.05. The lowest BCUT2D eigenvalue weighted by Crippen LogP contribution is -2.23. The first kappa shape index (κ1) is 23.3. The smallest absolute Gasteiger partial charge is 0.276 e. The Kier molecular flexibility index (Phi) is 6.50. The molecule has 0 atom stereocenters. The van der Waals surface area contributed by atoms with Crippen LogP contribution in [0, 0.1) is 13.8 Å². The molecule has 170 valence electrons. The lowest BCUT2D eigenvalue weighted by molar-refractivity contribution is 0.289. The zero-order valence-electron chi connectivity index (χ0n) is 19.2. The molecule has 0 N–H and O–H groups in total. The van der Waals surface area contributed by atoms with Gasteiger partial charge in [-0.2, -0.15) is 4.98 Å². The van der Waals surface area contributed by atoms with Crippen LogP contribution in [0.5, 0.6) is 5.88 Å². The van der Waals surface area contributed by atoms with Crippen molar-refractivity contribution in [3.05, 3.63) is 84.9 Å². The van der Waals surface area contributed by atoms with Gasteiger partial charge in [0, 0.05) is 27.6 Å². The van der Waals surface area contributed by atoms with Crippen LogP contribution in [0.1, 0.15) is 42.9 Å². The van der Waals surface area contributed by atoms with Crippen molar-refractivity contribution in [2.24, 2.45) is 0 Å². The van der Waals surface area contributed by atoms with Gasteiger partial charge in [0.25, 0.3) is 5.56 Å². The summed E-state index contributed by atoms with van der Waals surface area (Å²) in [6.07, 6.45) is 1.77. The van der Waals surface area contributed by atoms with E-state index in [4.69, 9.17) is 9.72 Å². The summed E-state index contributed by atoms with van der Waals surface area (Å²) in [6, 6.07) is 11.6. The number of aromatic nitrogens is 4. The molecule has 3 aromatic heterocycles. The molecule has 0 aliphatic rings. The Morgan fingerprint density at radius 3 is 2.61 bits per heavy atom. The molecule has 4 rings (SSSR count). The lowest BCUT2D eigenvalue weighted by atomic mass is 9.95. The molecular weight excluding hydrogens is 500 g/mol. The van der Waals surface area contributed by atoms with Gasteiger partial charge in [0.2, 0.25) is 5.88 Å². The fourth-order valence-corrected chi connectivity index (χ4v) is 4.47. The standard InChI is InChI=1S/C25H25BrN4O2S/c1-15-11-17(14-33-15)13-32-22-21(26)23(31)30(16(2)28-22)19-8-6-7-18(12-19)20-9-10-27-24(29-20)25(3,4)5/h6-12,14H,13H2,1-5H3. The van der Waals surface area contributed by atoms with Crippen molar-refractivity contribution in [1.29, 1.82) is 0 Å². The van der Waals surface area contributed by atoms with Gasteiger partial charge in [-0.15, -0.1) is 11.3 Å². The van der Waals surface area contributed by atoms with Crippen LogP contribution in [0.4, 0.5) is 0 Å². The fraction of sp³-hybridized carbons (Fsp3) is 0.280. The number of nitrogens with zero attached hydrogens (tertiary/aromatic N) is 4. The maximum atomic E-state index is 13.2. The summed E-state index contributed by atoms with van der Waals surface area (Å²) in [5.41, 5.74) is 3.08. The van der Waals surface area contributed by atoms with Crippen molar-refractivity contribution >= 4 is 27.3 Å². The van der Waals surface area contributed by atoms with Crippen molar-refractivity contribution in [2.75, 3.05) is 0 Å². The summed E-state index contributed by atoms with van der Waals surface area (Å²) in [7, 11) is 0. The Balaban J connectivity index is 1.69. The molecule has 0 aliphatic carbocycles. The van der Waals surface area contributed by atoms with Gasteiger partial charge in [-0.1, -0.05) is 32.9 Å². The number of thiophene rings is 1. The molecule has 6 nitrogen and oxygen atoms in total. The van der Waals surface area contributed by atoms with Gasteiger partial charge in [0.15, 0.2) is 0 Å². The second kappa shape index (κ2) is 9.19. The molecule has 0 aliphatic heterocycles. The minimum Gasteiger partial charge on any atom is -0.472 e. The number of aryl methyl sites for hydroxylation is 2. The second-order valence-electron chi connectivity index (χ2n) is 8.84. The van der Waals surface area contributed by atoms with Gasteiger partial charge >= 0.3 is 0 Å². The fourth-order valence-electron chi connectivity index (χ4n) is 3.39. The highest BCUT2D eigenvalue weighted by molar-refractivity contribution is 9.10. The van der Waals surface area contributed by atoms with E-state index >= 15 is 0 Å². The maximum Gasteiger partial charge on any atom is 0.276 e. The van der Waals surface area contributed by atoms with Gasteiger partial charge in [-0.05, 0) is 59.4 Å². The van der Waals surface area contributed by atoms with E-state index in [1.165, 1.54) is 4.88 Å². The largest absolute Gasteiger partial charge is 0.472 e. The van der Waals surface area contributed by atoms with Crippen molar-refractivity contribution in [2.45, 2.75) is 46.6 Å². The highest BCUT2D eigenvalue weighted by atomic mass is 79.9. The summed E-state index contributed by atoms with van der Waals surface area (Å²) in [6.45, 7) is 10.4. The van der Waals surface area contributed by atoms with E-state index in [1.807, 2.05) is 42.6 Å². The van der Waals surface area contributed by atoms with E-state index in [9.17, 15) is 4.79 Å². The summed E-state index contributed by atoms with van der Waals surface area (Å²) < 4.78 is 7.71. The maximum absolute atomic E-state index is 13.2. The van der Waals surface area contributed by atoms with Crippen molar-refractivity contribution in [3.63, 3.8) is 0 Å². The quantitative estimate of drug-likeness (QED) is 0.319. The molecule has 0 fully saturated rings. The predicted octanol–water partition coefficient (Wildman–Crippen LogP) is 6.01. The molecule has 4 aromatic rings. The first-order valence-electron chi connectivity index (χ1n) is 10.5. The summed E-state index contributed by atoms with van der Waals surface area (Å²) >= 11 is 5.06. The van der Waals surface area contributed by atoms with Crippen LogP contribution in [-0.2, 0) is 12.0 Å². The molecule has 0 spiro atoms. The van der Waals surface area contributed by atoms with Gasteiger partial charge in [-0.3, -0.25) is 9.36 Å². The Labute approximate surface area is 205 Å². The van der Waals surface area contributed by atoms with E-state index in [2.05, 4.69) is 52.7 Å². The highest BCUT2D eigenvalue weighted by Gasteiger charge is 2.19. The van der Waals surface area contributed by atoms with Gasteiger partial charge in [-0.25, -0.2) is 9.97 Å². The number of rotatable bonds is 5. The van der Waals surface area contributed by atoms with Crippen LogP contribution in [0.2, 0.25) is 0 Å². The molecule has 0 saturated heterocycles. The van der Waals surface area contributed by atoms with E-state index in [1.54, 1.807) is 29.0 Å². The van der Waals surface area contributed by atoms with Crippen molar-refractivity contribution < 1.29 is 4.74 Å². The highest BCUT2D eigenvalue weighted by Crippen LogP contribution is 2.26. The summed E-state index contributed by atoms with van der Waals surface area (Å²) in [4.78, 5) is 28.1. The van der Waals surface area contributed by atoms with Gasteiger partial charge in [0.1, 0.15) is 22.7 Å². The number of hydrogen-bond donors (Lipinski definition) is 0. The van der Waals surface area contributed by atoms with Crippen LogP contribution in [0.3, 0.4) is 0 Å². The normalized spacial score (nSPS) is 11.6. The van der Waals surface area contributed by atoms with Crippen molar-refractivity contribution in [3.8, 4) is 22.8 Å². The zero-order chi connectivity index (χ0) is 23.8. The first-order chi connectivity index (χ1) is 15.6. The van der Waals surface area contributed by atoms with Crippen molar-refractivity contribution in [1.82, 2.24) is 19.5 Å². The minimum absolute atomic E-state index is 0.159. The molecule has 8 heteroatoms. The topological polar surface area (TPSA) is 69.9 Å². The van der Waals surface area contributed by atoms with Crippen LogP contribution < -0.4 is 10.3 Å². The molecule has 0 unspecified atom stereocenters. The Hall–Kier alpha value is -2.84. The first-order valence-corrected chi connectivity index (χ1v) is 12.2. The van der Waals surface area contributed by atoms with E-state index in [0.717, 1.165) is 22.6 Å². The third kappa shape index (κ3) is 5.07. The second-order valence-corrected chi connectivity index (χ2v) is 10.7. The Morgan fingerprint density at radius 2 is 1.91 bits per heavy atom. The average Bonchev–Trinajstić information content (AvgIpc) is 3.20. The van der Waals surface area contributed by atoms with E-state index in [-0.39, 0.29) is 11.0 Å². The minimum atomic E-state index is -0.228. The van der Waals surface area contributed by atoms with Gasteiger partial charge < -0.3 is 4.74 Å². The molecule has 0 radical (unpaired) electrons. The summed E-state index contributed by atoms with van der Waals surface area (Å²) in [5, 5.41) is 2.04. The lowest BCUT2D eigenvalue weighted by Gasteiger charge is -2.17. The monoisotopic (exact) mass is 524 g/mol. The van der Waals surface area contributed by atoms with E-state index < -0.39 is 0 Å². The van der Waals surface area contributed by atoms with Crippen LogP contribution in [-0.4, -0.2) is 19.5 Å². The van der Waals surface area contributed by atoms with Crippen LogP contribution in [0.15, 0.2) is 57.2 Å². The average molecular weight is 525 g/mol. The molecule has 0 amide bonds. The third-order valence-corrected chi connectivity index (χ3v) is 6.64. The molecule has 0 bridgehead atoms. The molecule has 33 heavy (non-hydrogen) atoms. The van der Waals surface area contributed by atoms with E-state index in [0.29, 0.717) is 28.5 Å². The number of halogens is 1. The number of ether oxygens (including phenoxy) is 1. The molecule has 3 heterocycles. The van der Waals surface area contributed by atoms with Crippen LogP contribution >= 0.6 is 27.3 Å². The SMILES string of the molecule is Cc1cc(COc2nc(C)n(-c3cccc(-c4ccnc(C(C)(C)C)n4)c3)c(=O)c2Br)cs1.